The third-order valence-corrected chi connectivity index (χ3v) is 2.36. The van der Waals surface area contributed by atoms with Crippen molar-refractivity contribution in [1.82, 2.24) is 0 Å². The molecule has 1 atom stereocenters. The summed E-state index contributed by atoms with van der Waals surface area (Å²) in [6, 6.07) is 4.93. The summed E-state index contributed by atoms with van der Waals surface area (Å²) >= 11 is 0. The minimum absolute atomic E-state index is 0.0325. The quantitative estimate of drug-likeness (QED) is 0.617. The molecule has 1 N–H and O–H groups in total. The third kappa shape index (κ3) is 3.12. The number of non-ortho nitro benzene ring substituents is 1. The first-order valence-electron chi connectivity index (χ1n) is 5.16. The minimum Gasteiger partial charge on any atom is -0.496 e. The fraction of sp³-hybridized carbons (Fsp3) is 0.455. The van der Waals surface area contributed by atoms with Gasteiger partial charge in [-0.1, -0.05) is 6.92 Å². The lowest BCUT2D eigenvalue weighted by molar-refractivity contribution is -0.384. The number of nitrogens with one attached hydrogen (secondary N) is 1. The van der Waals surface area contributed by atoms with Crippen LogP contribution in [-0.4, -0.2) is 18.1 Å². The van der Waals surface area contributed by atoms with Crippen molar-refractivity contribution in [3.63, 3.8) is 0 Å². The van der Waals surface area contributed by atoms with Gasteiger partial charge in [0.25, 0.3) is 5.69 Å². The normalized spacial score (nSPS) is 11.9. The number of benzene rings is 1. The molecule has 0 saturated carbocycles. The SMILES string of the molecule is CCC(C)Nc1cc(OC)cc([N+](=O)[O-])c1. The number of ether oxygens (including phenoxy) is 1. The molecule has 5 nitrogen and oxygen atoms in total. The first-order chi connectivity index (χ1) is 7.56. The molecule has 1 unspecified atom stereocenters. The standard InChI is InChI=1S/C11H16N2O3/c1-4-8(2)12-9-5-10(13(14)15)7-11(6-9)16-3/h5-8,12H,4H2,1-3H3. The number of hydrogen-bond acceptors (Lipinski definition) is 4. The first kappa shape index (κ1) is 12.3. The number of nitro groups is 1. The second-order valence-corrected chi connectivity index (χ2v) is 3.63. The van der Waals surface area contributed by atoms with Crippen LogP contribution in [0.5, 0.6) is 5.75 Å². The van der Waals surface area contributed by atoms with Gasteiger partial charge in [-0.2, -0.15) is 0 Å². The van der Waals surface area contributed by atoms with Gasteiger partial charge in [0.1, 0.15) is 5.75 Å². The van der Waals surface area contributed by atoms with Crippen LogP contribution in [0.4, 0.5) is 11.4 Å². The first-order valence-corrected chi connectivity index (χ1v) is 5.16. The van der Waals surface area contributed by atoms with Gasteiger partial charge in [0, 0.05) is 23.9 Å². The summed E-state index contributed by atoms with van der Waals surface area (Å²) in [5.74, 6) is 0.486. The van der Waals surface area contributed by atoms with Gasteiger partial charge in [0.15, 0.2) is 0 Å². The van der Waals surface area contributed by atoms with Crippen molar-refractivity contribution in [2.24, 2.45) is 0 Å². The van der Waals surface area contributed by atoms with Gasteiger partial charge < -0.3 is 10.1 Å². The van der Waals surface area contributed by atoms with Gasteiger partial charge >= 0.3 is 0 Å². The molecule has 0 heterocycles. The summed E-state index contributed by atoms with van der Waals surface area (Å²) in [6.45, 7) is 4.07. The Labute approximate surface area is 94.6 Å². The van der Waals surface area contributed by atoms with Crippen LogP contribution in [-0.2, 0) is 0 Å². The van der Waals surface area contributed by atoms with Gasteiger partial charge in [0.05, 0.1) is 18.1 Å². The molecule has 0 spiro atoms. The van der Waals surface area contributed by atoms with Gasteiger partial charge in [-0.25, -0.2) is 0 Å². The zero-order valence-corrected chi connectivity index (χ0v) is 9.69. The summed E-state index contributed by atoms with van der Waals surface area (Å²) in [5, 5.41) is 13.9. The number of nitro benzene ring substituents is 1. The van der Waals surface area contributed by atoms with E-state index in [2.05, 4.69) is 5.32 Å². The maximum absolute atomic E-state index is 10.7. The van der Waals surface area contributed by atoms with Crippen LogP contribution in [0.2, 0.25) is 0 Å². The Bertz CT molecular complexity index is 379. The lowest BCUT2D eigenvalue weighted by atomic mass is 10.2. The van der Waals surface area contributed by atoms with Crippen LogP contribution in [0.15, 0.2) is 18.2 Å². The molecule has 1 rings (SSSR count). The Morgan fingerprint density at radius 1 is 1.50 bits per heavy atom. The highest BCUT2D eigenvalue weighted by Crippen LogP contribution is 2.26. The zero-order chi connectivity index (χ0) is 12.1. The summed E-state index contributed by atoms with van der Waals surface area (Å²) in [6.07, 6.45) is 0.949. The van der Waals surface area contributed by atoms with Gasteiger partial charge in [-0.3, -0.25) is 10.1 Å². The predicted molar refractivity (Wildman–Crippen MR) is 63.0 cm³/mol. The molecule has 0 aliphatic carbocycles. The average Bonchev–Trinajstić information content (AvgIpc) is 2.28. The molecule has 0 aliphatic rings. The molecule has 0 saturated heterocycles. The van der Waals surface area contributed by atoms with Crippen molar-refractivity contribution in [1.29, 1.82) is 0 Å². The van der Waals surface area contributed by atoms with E-state index >= 15 is 0 Å². The van der Waals surface area contributed by atoms with E-state index < -0.39 is 4.92 Å². The van der Waals surface area contributed by atoms with E-state index in [0.717, 1.165) is 6.42 Å². The summed E-state index contributed by atoms with van der Waals surface area (Å²) in [7, 11) is 1.49. The molecule has 16 heavy (non-hydrogen) atoms. The zero-order valence-electron chi connectivity index (χ0n) is 9.69. The van der Waals surface area contributed by atoms with E-state index in [1.54, 1.807) is 6.07 Å². The van der Waals surface area contributed by atoms with Crippen LogP contribution in [0.25, 0.3) is 0 Å². The molecular weight excluding hydrogens is 208 g/mol. The number of nitrogens with zero attached hydrogens (tertiary/aromatic N) is 1. The van der Waals surface area contributed by atoms with Gasteiger partial charge in [-0.15, -0.1) is 0 Å². The van der Waals surface area contributed by atoms with E-state index in [4.69, 9.17) is 4.74 Å². The number of rotatable bonds is 5. The van der Waals surface area contributed by atoms with Crippen LogP contribution in [0.1, 0.15) is 20.3 Å². The maximum Gasteiger partial charge on any atom is 0.275 e. The molecular formula is C11H16N2O3. The maximum atomic E-state index is 10.7. The molecule has 88 valence electrons. The monoisotopic (exact) mass is 224 g/mol. The highest BCUT2D eigenvalue weighted by Gasteiger charge is 2.10. The van der Waals surface area contributed by atoms with Crippen molar-refractivity contribution < 1.29 is 9.66 Å². The predicted octanol–water partition coefficient (Wildman–Crippen LogP) is 2.81. The van der Waals surface area contributed by atoms with E-state index in [0.29, 0.717) is 11.4 Å². The van der Waals surface area contributed by atoms with Crippen molar-refractivity contribution >= 4 is 11.4 Å². The second-order valence-electron chi connectivity index (χ2n) is 3.63. The molecule has 0 fully saturated rings. The van der Waals surface area contributed by atoms with Crippen LogP contribution in [0, 0.1) is 10.1 Å². The lowest BCUT2D eigenvalue weighted by Gasteiger charge is -2.13. The molecule has 0 aromatic heterocycles. The Kier molecular flexibility index (Phi) is 4.10. The molecule has 0 aliphatic heterocycles. The van der Waals surface area contributed by atoms with E-state index in [1.807, 2.05) is 13.8 Å². The second kappa shape index (κ2) is 5.34. The summed E-state index contributed by atoms with van der Waals surface area (Å²) < 4.78 is 5.02. The number of anilines is 1. The lowest BCUT2D eigenvalue weighted by Crippen LogP contribution is -2.13. The molecule has 5 heteroatoms. The van der Waals surface area contributed by atoms with E-state index in [-0.39, 0.29) is 11.7 Å². The van der Waals surface area contributed by atoms with Crippen LogP contribution >= 0.6 is 0 Å². The molecule has 1 aromatic carbocycles. The van der Waals surface area contributed by atoms with Crippen LogP contribution in [0.3, 0.4) is 0 Å². The topological polar surface area (TPSA) is 64.4 Å². The van der Waals surface area contributed by atoms with E-state index in [9.17, 15) is 10.1 Å². The Balaban J connectivity index is 2.99. The minimum atomic E-state index is -0.426. The molecule has 1 aromatic rings. The number of hydrogen-bond donors (Lipinski definition) is 1. The summed E-state index contributed by atoms with van der Waals surface area (Å²) in [4.78, 5) is 10.3. The van der Waals surface area contributed by atoms with Crippen molar-refractivity contribution in [3.05, 3.63) is 28.3 Å². The largest absolute Gasteiger partial charge is 0.496 e. The van der Waals surface area contributed by atoms with Crippen molar-refractivity contribution in [3.8, 4) is 5.75 Å². The Morgan fingerprint density at radius 2 is 2.19 bits per heavy atom. The average molecular weight is 224 g/mol. The van der Waals surface area contributed by atoms with Crippen molar-refractivity contribution in [2.75, 3.05) is 12.4 Å². The summed E-state index contributed by atoms with van der Waals surface area (Å²) in [5.41, 5.74) is 0.741. The fourth-order valence-corrected chi connectivity index (χ4v) is 1.28. The Hall–Kier alpha value is -1.78. The van der Waals surface area contributed by atoms with Crippen LogP contribution < -0.4 is 10.1 Å². The Morgan fingerprint density at radius 3 is 2.69 bits per heavy atom. The molecule has 0 amide bonds. The number of methoxy groups -OCH3 is 1. The molecule has 0 radical (unpaired) electrons. The fourth-order valence-electron chi connectivity index (χ4n) is 1.28. The highest BCUT2D eigenvalue weighted by molar-refractivity contribution is 5.56. The third-order valence-electron chi connectivity index (χ3n) is 2.36. The van der Waals surface area contributed by atoms with Gasteiger partial charge in [-0.05, 0) is 13.3 Å². The van der Waals surface area contributed by atoms with Crippen molar-refractivity contribution in [2.45, 2.75) is 26.3 Å². The molecule has 0 bridgehead atoms. The van der Waals surface area contributed by atoms with Gasteiger partial charge in [0.2, 0.25) is 0 Å². The van der Waals surface area contributed by atoms with E-state index in [1.165, 1.54) is 19.2 Å². The highest BCUT2D eigenvalue weighted by atomic mass is 16.6. The smallest absolute Gasteiger partial charge is 0.275 e.